The van der Waals surface area contributed by atoms with Crippen LogP contribution in [0.1, 0.15) is 96.3 Å². The average Bonchev–Trinajstić information content (AvgIpc) is 2.54. The smallest absolute Gasteiger partial charge is 0.314 e. The van der Waals surface area contributed by atoms with Crippen LogP contribution in [0.5, 0.6) is 0 Å². The zero-order chi connectivity index (χ0) is 20.9. The predicted molar refractivity (Wildman–Crippen MR) is 99.8 cm³/mol. The summed E-state index contributed by atoms with van der Waals surface area (Å²) in [5.74, 6) is -4.00. The Bertz CT molecular complexity index is 382. The van der Waals surface area contributed by atoms with Gasteiger partial charge in [0.2, 0.25) is 0 Å². The summed E-state index contributed by atoms with van der Waals surface area (Å²) < 4.78 is 0. The van der Waals surface area contributed by atoms with Gasteiger partial charge >= 0.3 is 23.9 Å². The molecule has 0 spiro atoms. The fourth-order valence-electron chi connectivity index (χ4n) is 2.45. The maximum Gasteiger partial charge on any atom is 0.314 e. The summed E-state index contributed by atoms with van der Waals surface area (Å²) in [6.45, 7) is 0. The molecule has 0 aromatic carbocycles. The van der Waals surface area contributed by atoms with Crippen LogP contribution in [-0.4, -0.2) is 44.3 Å². The summed E-state index contributed by atoms with van der Waals surface area (Å²) in [6, 6.07) is 0. The Morgan fingerprint density at radius 2 is 0.593 bits per heavy atom. The summed E-state index contributed by atoms with van der Waals surface area (Å²) in [6.07, 6.45) is 13.3. The average molecular weight is 390 g/mol. The van der Waals surface area contributed by atoms with Crippen molar-refractivity contribution in [2.45, 2.75) is 96.3 Å². The van der Waals surface area contributed by atoms with Crippen LogP contribution < -0.4 is 0 Å². The molecule has 27 heavy (non-hydrogen) atoms. The van der Waals surface area contributed by atoms with Gasteiger partial charge < -0.3 is 20.4 Å². The van der Waals surface area contributed by atoms with Crippen LogP contribution in [0, 0.1) is 0 Å². The van der Waals surface area contributed by atoms with E-state index in [0.717, 1.165) is 38.5 Å². The third-order valence-corrected chi connectivity index (χ3v) is 3.83. The zero-order valence-corrected chi connectivity index (χ0v) is 16.0. The van der Waals surface area contributed by atoms with Gasteiger partial charge in [0.25, 0.3) is 0 Å². The highest BCUT2D eigenvalue weighted by atomic mass is 16.4. The number of carboxylic acid groups (broad SMARTS) is 4. The maximum atomic E-state index is 10.3. The second kappa shape index (κ2) is 20.2. The van der Waals surface area contributed by atoms with Crippen LogP contribution in [-0.2, 0) is 19.2 Å². The number of carboxylic acids is 4. The summed E-state index contributed by atoms with van der Waals surface area (Å²) in [4.78, 5) is 39.5. The van der Waals surface area contributed by atoms with Crippen molar-refractivity contribution in [2.24, 2.45) is 0 Å². The molecule has 0 atom stereocenters. The Labute approximate surface area is 160 Å². The third-order valence-electron chi connectivity index (χ3n) is 3.83. The van der Waals surface area contributed by atoms with E-state index in [4.69, 9.17) is 20.4 Å². The molecule has 0 saturated carbocycles. The molecule has 0 aliphatic rings. The van der Waals surface area contributed by atoms with Crippen molar-refractivity contribution in [3.05, 3.63) is 0 Å². The summed E-state index contributed by atoms with van der Waals surface area (Å²) in [5, 5.41) is 32.4. The second-order valence-corrected chi connectivity index (χ2v) is 6.49. The number of rotatable bonds is 17. The molecule has 0 unspecified atom stereocenters. The van der Waals surface area contributed by atoms with Crippen molar-refractivity contribution >= 4 is 23.9 Å². The van der Waals surface area contributed by atoms with Crippen molar-refractivity contribution < 1.29 is 39.6 Å². The van der Waals surface area contributed by atoms with Gasteiger partial charge in [0.15, 0.2) is 0 Å². The van der Waals surface area contributed by atoms with Crippen LogP contribution >= 0.6 is 0 Å². The first-order valence-corrected chi connectivity index (χ1v) is 9.63. The minimum absolute atomic E-state index is 0.307. The van der Waals surface area contributed by atoms with Crippen LogP contribution in [0.25, 0.3) is 0 Å². The highest BCUT2D eigenvalue weighted by molar-refractivity contribution is 5.88. The first kappa shape index (κ1) is 27.1. The van der Waals surface area contributed by atoms with Gasteiger partial charge in [-0.1, -0.05) is 64.2 Å². The standard InChI is InChI=1S/C16H30O4.C3H4O4/c17-15(18)13-11-9-7-5-3-1-2-4-6-8-10-12-14-16(19)20;4-2(5)1-3(6)7/h1-14H2,(H,17,18)(H,19,20);1H2,(H,4,5)(H,6,7). The van der Waals surface area contributed by atoms with Crippen LogP contribution in [0.2, 0.25) is 0 Å². The van der Waals surface area contributed by atoms with Gasteiger partial charge in [0, 0.05) is 12.8 Å². The van der Waals surface area contributed by atoms with Crippen molar-refractivity contribution in [1.29, 1.82) is 0 Å². The second-order valence-electron chi connectivity index (χ2n) is 6.49. The minimum Gasteiger partial charge on any atom is -0.481 e. The first-order valence-electron chi connectivity index (χ1n) is 9.63. The predicted octanol–water partition coefficient (Wildman–Crippen LogP) is 4.16. The normalized spacial score (nSPS) is 9.93. The quantitative estimate of drug-likeness (QED) is 0.213. The molecule has 4 N–H and O–H groups in total. The third kappa shape index (κ3) is 32.1. The van der Waals surface area contributed by atoms with E-state index in [2.05, 4.69) is 0 Å². The fraction of sp³-hybridized carbons (Fsp3) is 0.789. The largest absolute Gasteiger partial charge is 0.481 e. The summed E-state index contributed by atoms with van der Waals surface area (Å²) in [5.41, 5.74) is 0. The van der Waals surface area contributed by atoms with Gasteiger partial charge in [-0.15, -0.1) is 0 Å². The molecule has 0 radical (unpaired) electrons. The van der Waals surface area contributed by atoms with Gasteiger partial charge in [0.05, 0.1) is 0 Å². The maximum absolute atomic E-state index is 10.3. The summed E-state index contributed by atoms with van der Waals surface area (Å²) in [7, 11) is 0. The minimum atomic E-state index is -1.31. The molecule has 0 fully saturated rings. The van der Waals surface area contributed by atoms with Gasteiger partial charge in [-0.25, -0.2) is 0 Å². The van der Waals surface area contributed by atoms with Crippen LogP contribution in [0.15, 0.2) is 0 Å². The Hall–Kier alpha value is -2.12. The van der Waals surface area contributed by atoms with E-state index in [-0.39, 0.29) is 0 Å². The SMILES string of the molecule is O=C(O)CC(=O)O.O=C(O)CCCCCCCCCCCCCCC(=O)O. The molecule has 0 aliphatic heterocycles. The van der Waals surface area contributed by atoms with E-state index < -0.39 is 30.3 Å². The van der Waals surface area contributed by atoms with Gasteiger partial charge in [-0.3, -0.25) is 19.2 Å². The van der Waals surface area contributed by atoms with Gasteiger partial charge in [-0.05, 0) is 12.8 Å². The Kier molecular flexibility index (Phi) is 20.3. The molecule has 0 heterocycles. The van der Waals surface area contributed by atoms with Crippen molar-refractivity contribution in [1.82, 2.24) is 0 Å². The Balaban J connectivity index is 0. The monoisotopic (exact) mass is 390 g/mol. The van der Waals surface area contributed by atoms with E-state index in [1.165, 1.54) is 38.5 Å². The number of unbranched alkanes of at least 4 members (excludes halogenated alkanes) is 11. The Morgan fingerprint density at radius 3 is 0.741 bits per heavy atom. The Morgan fingerprint density at radius 1 is 0.370 bits per heavy atom. The molecule has 0 aliphatic carbocycles. The molecule has 0 bridgehead atoms. The lowest BCUT2D eigenvalue weighted by Crippen LogP contribution is -2.03. The van der Waals surface area contributed by atoms with Gasteiger partial charge in [-0.2, -0.15) is 0 Å². The van der Waals surface area contributed by atoms with E-state index in [1.54, 1.807) is 0 Å². The van der Waals surface area contributed by atoms with Crippen LogP contribution in [0.4, 0.5) is 0 Å². The van der Waals surface area contributed by atoms with E-state index >= 15 is 0 Å². The lowest BCUT2D eigenvalue weighted by Gasteiger charge is -2.02. The van der Waals surface area contributed by atoms with Crippen LogP contribution in [0.3, 0.4) is 0 Å². The number of aliphatic carboxylic acids is 4. The lowest BCUT2D eigenvalue weighted by molar-refractivity contribution is -0.147. The molecule has 8 heteroatoms. The topological polar surface area (TPSA) is 149 Å². The van der Waals surface area contributed by atoms with E-state index in [9.17, 15) is 19.2 Å². The van der Waals surface area contributed by atoms with E-state index in [0.29, 0.717) is 12.8 Å². The molecule has 0 aromatic heterocycles. The molecule has 0 aromatic rings. The fourth-order valence-corrected chi connectivity index (χ4v) is 2.45. The van der Waals surface area contributed by atoms with Crippen molar-refractivity contribution in [2.75, 3.05) is 0 Å². The zero-order valence-electron chi connectivity index (χ0n) is 16.0. The number of hydrogen-bond donors (Lipinski definition) is 4. The highest BCUT2D eigenvalue weighted by Crippen LogP contribution is 2.12. The molecular weight excluding hydrogens is 356 g/mol. The molecule has 158 valence electrons. The van der Waals surface area contributed by atoms with Gasteiger partial charge in [0.1, 0.15) is 6.42 Å². The molecule has 0 amide bonds. The molecule has 8 nitrogen and oxygen atoms in total. The highest BCUT2D eigenvalue weighted by Gasteiger charge is 2.01. The number of hydrogen-bond acceptors (Lipinski definition) is 4. The lowest BCUT2D eigenvalue weighted by atomic mass is 10.0. The van der Waals surface area contributed by atoms with Crippen molar-refractivity contribution in [3.8, 4) is 0 Å². The first-order chi connectivity index (χ1) is 12.8. The molecule has 0 rings (SSSR count). The molecular formula is C19H34O8. The molecule has 0 saturated heterocycles. The van der Waals surface area contributed by atoms with E-state index in [1.807, 2.05) is 0 Å². The number of carbonyl (C=O) groups is 4. The van der Waals surface area contributed by atoms with Crippen molar-refractivity contribution in [3.63, 3.8) is 0 Å². The summed E-state index contributed by atoms with van der Waals surface area (Å²) >= 11 is 0.